The molecule has 0 aliphatic rings. The molecule has 0 atom stereocenters. The second-order valence-electron chi connectivity index (χ2n) is 4.14. The Morgan fingerprint density at radius 3 is 2.47 bits per heavy atom. The van der Waals surface area contributed by atoms with Gasteiger partial charge in [-0.3, -0.25) is 4.79 Å². The zero-order chi connectivity index (χ0) is 14.5. The van der Waals surface area contributed by atoms with Gasteiger partial charge in [0.1, 0.15) is 0 Å². The number of ether oxygens (including phenoxy) is 2. The number of esters is 2. The van der Waals surface area contributed by atoms with Gasteiger partial charge in [-0.15, -0.1) is 0 Å². The number of rotatable bonds is 10. The molecule has 0 fully saturated rings. The Labute approximate surface area is 115 Å². The molecular weight excluding hydrogens is 244 g/mol. The van der Waals surface area contributed by atoms with E-state index in [4.69, 9.17) is 4.74 Å². The van der Waals surface area contributed by atoms with Crippen molar-refractivity contribution in [1.29, 1.82) is 0 Å². The Morgan fingerprint density at radius 2 is 1.89 bits per heavy atom. The van der Waals surface area contributed by atoms with Gasteiger partial charge in [0.2, 0.25) is 0 Å². The monoisotopic (exact) mass is 268 g/mol. The van der Waals surface area contributed by atoms with Crippen molar-refractivity contribution in [2.45, 2.75) is 52.4 Å². The third-order valence-corrected chi connectivity index (χ3v) is 2.60. The molecule has 0 saturated heterocycles. The van der Waals surface area contributed by atoms with E-state index in [0.29, 0.717) is 18.6 Å². The van der Waals surface area contributed by atoms with Crippen molar-refractivity contribution in [2.75, 3.05) is 6.61 Å². The fourth-order valence-corrected chi connectivity index (χ4v) is 1.51. The molecule has 0 saturated carbocycles. The van der Waals surface area contributed by atoms with Crippen LogP contribution in [0.3, 0.4) is 0 Å². The first-order chi connectivity index (χ1) is 9.15. The van der Waals surface area contributed by atoms with Crippen LogP contribution in [0.1, 0.15) is 52.4 Å². The number of unbranched alkanes of at least 4 members (excludes halogenated alkanes) is 3. The Bertz CT molecular complexity index is 318. The normalized spacial score (nSPS) is 10.9. The molecule has 0 N–H and O–H groups in total. The van der Waals surface area contributed by atoms with Crippen molar-refractivity contribution in [3.8, 4) is 0 Å². The van der Waals surface area contributed by atoms with Gasteiger partial charge < -0.3 is 9.47 Å². The fourth-order valence-electron chi connectivity index (χ4n) is 1.51. The molecule has 19 heavy (non-hydrogen) atoms. The molecule has 0 aliphatic heterocycles. The molecule has 0 amide bonds. The highest BCUT2D eigenvalue weighted by atomic mass is 16.5. The molecule has 108 valence electrons. The highest BCUT2D eigenvalue weighted by Gasteiger charge is 2.09. The van der Waals surface area contributed by atoms with Gasteiger partial charge in [0.15, 0.2) is 0 Å². The van der Waals surface area contributed by atoms with E-state index < -0.39 is 5.97 Å². The van der Waals surface area contributed by atoms with E-state index in [1.165, 1.54) is 0 Å². The van der Waals surface area contributed by atoms with Crippen molar-refractivity contribution in [3.05, 3.63) is 24.5 Å². The topological polar surface area (TPSA) is 52.6 Å². The number of carbonyl (C=O) groups excluding carboxylic acids is 2. The predicted octanol–water partition coefficient (Wildman–Crippen LogP) is 3.52. The van der Waals surface area contributed by atoms with E-state index in [0.717, 1.165) is 31.9 Å². The molecule has 0 aromatic rings. The third-order valence-electron chi connectivity index (χ3n) is 2.60. The van der Waals surface area contributed by atoms with Gasteiger partial charge >= 0.3 is 11.9 Å². The van der Waals surface area contributed by atoms with Gasteiger partial charge in [0, 0.05) is 5.57 Å². The first kappa shape index (κ1) is 17.4. The zero-order valence-electron chi connectivity index (χ0n) is 11.9. The fraction of sp³-hybridized carbons (Fsp3) is 0.600. The molecular formula is C15H24O4. The summed E-state index contributed by atoms with van der Waals surface area (Å²) in [6.07, 6.45) is 7.49. The standard InChI is InChI=1S/C15H24O4/c1-4-7-8-9-12-19-15(17)13(5-2)10-11-14(16)18-6-3/h6,10H,3-5,7-9,11-12H2,1-2H3. The maximum Gasteiger partial charge on any atom is 0.333 e. The summed E-state index contributed by atoms with van der Waals surface area (Å²) in [7, 11) is 0. The van der Waals surface area contributed by atoms with Crippen LogP contribution in [0, 0.1) is 0 Å². The van der Waals surface area contributed by atoms with E-state index in [-0.39, 0.29) is 12.4 Å². The summed E-state index contributed by atoms with van der Waals surface area (Å²) in [4.78, 5) is 22.8. The van der Waals surface area contributed by atoms with Crippen molar-refractivity contribution in [1.82, 2.24) is 0 Å². The molecule has 0 bridgehead atoms. The van der Waals surface area contributed by atoms with Crippen molar-refractivity contribution in [2.24, 2.45) is 0 Å². The number of hydrogen-bond donors (Lipinski definition) is 0. The van der Waals surface area contributed by atoms with Crippen LogP contribution in [0.4, 0.5) is 0 Å². The third kappa shape index (κ3) is 9.05. The lowest BCUT2D eigenvalue weighted by Crippen LogP contribution is -2.09. The maximum absolute atomic E-state index is 11.7. The van der Waals surface area contributed by atoms with E-state index in [1.807, 2.05) is 6.92 Å². The maximum atomic E-state index is 11.7. The van der Waals surface area contributed by atoms with Gasteiger partial charge in [-0.2, -0.15) is 0 Å². The molecule has 0 radical (unpaired) electrons. The van der Waals surface area contributed by atoms with Gasteiger partial charge in [0.25, 0.3) is 0 Å². The van der Waals surface area contributed by atoms with Crippen LogP contribution in [-0.2, 0) is 19.1 Å². The molecule has 0 aliphatic carbocycles. The Morgan fingerprint density at radius 1 is 1.16 bits per heavy atom. The molecule has 0 aromatic carbocycles. The molecule has 4 nitrogen and oxygen atoms in total. The highest BCUT2D eigenvalue weighted by molar-refractivity contribution is 5.89. The zero-order valence-corrected chi connectivity index (χ0v) is 11.9. The average molecular weight is 268 g/mol. The summed E-state index contributed by atoms with van der Waals surface area (Å²) in [5, 5.41) is 0. The smallest absolute Gasteiger partial charge is 0.333 e. The first-order valence-electron chi connectivity index (χ1n) is 6.82. The predicted molar refractivity (Wildman–Crippen MR) is 74.4 cm³/mol. The van der Waals surface area contributed by atoms with Crippen LogP contribution in [0.25, 0.3) is 0 Å². The van der Waals surface area contributed by atoms with Crippen LogP contribution in [0.15, 0.2) is 24.5 Å². The summed E-state index contributed by atoms with van der Waals surface area (Å²) >= 11 is 0. The van der Waals surface area contributed by atoms with E-state index in [1.54, 1.807) is 6.08 Å². The molecule has 0 rings (SSSR count). The minimum absolute atomic E-state index is 0.0557. The molecule has 0 spiro atoms. The quantitative estimate of drug-likeness (QED) is 0.263. The Kier molecular flexibility index (Phi) is 10.6. The van der Waals surface area contributed by atoms with Crippen LogP contribution in [0.2, 0.25) is 0 Å². The summed E-state index contributed by atoms with van der Waals surface area (Å²) in [5.74, 6) is -0.776. The van der Waals surface area contributed by atoms with Crippen LogP contribution >= 0.6 is 0 Å². The second-order valence-corrected chi connectivity index (χ2v) is 4.14. The number of carbonyl (C=O) groups is 2. The lowest BCUT2D eigenvalue weighted by atomic mass is 10.1. The van der Waals surface area contributed by atoms with Gasteiger partial charge in [0.05, 0.1) is 19.3 Å². The van der Waals surface area contributed by atoms with Crippen LogP contribution < -0.4 is 0 Å². The van der Waals surface area contributed by atoms with E-state index >= 15 is 0 Å². The Balaban J connectivity index is 4.05. The van der Waals surface area contributed by atoms with Crippen molar-refractivity contribution < 1.29 is 19.1 Å². The molecule has 0 aromatic heterocycles. The van der Waals surface area contributed by atoms with Crippen molar-refractivity contribution in [3.63, 3.8) is 0 Å². The lowest BCUT2D eigenvalue weighted by Gasteiger charge is -2.06. The summed E-state index contributed by atoms with van der Waals surface area (Å²) in [6, 6.07) is 0. The van der Waals surface area contributed by atoms with Gasteiger partial charge in [-0.25, -0.2) is 4.79 Å². The number of hydrogen-bond acceptors (Lipinski definition) is 4. The molecule has 4 heteroatoms. The van der Waals surface area contributed by atoms with Gasteiger partial charge in [-0.1, -0.05) is 45.8 Å². The van der Waals surface area contributed by atoms with E-state index in [2.05, 4.69) is 18.2 Å². The minimum Gasteiger partial charge on any atom is -0.462 e. The minimum atomic E-state index is -0.434. The summed E-state index contributed by atoms with van der Waals surface area (Å²) in [5.41, 5.74) is 0.511. The first-order valence-corrected chi connectivity index (χ1v) is 6.82. The lowest BCUT2D eigenvalue weighted by molar-refractivity contribution is -0.139. The van der Waals surface area contributed by atoms with E-state index in [9.17, 15) is 9.59 Å². The summed E-state index contributed by atoms with van der Waals surface area (Å²) < 4.78 is 9.72. The molecule has 0 heterocycles. The van der Waals surface area contributed by atoms with Crippen LogP contribution in [0.5, 0.6) is 0 Å². The molecule has 0 unspecified atom stereocenters. The SMILES string of the molecule is C=COC(=O)CC=C(CC)C(=O)OCCCCCC. The second kappa shape index (κ2) is 11.5. The van der Waals surface area contributed by atoms with Gasteiger partial charge in [-0.05, 0) is 12.8 Å². The van der Waals surface area contributed by atoms with Crippen LogP contribution in [-0.4, -0.2) is 18.5 Å². The van der Waals surface area contributed by atoms with Crippen molar-refractivity contribution >= 4 is 11.9 Å². The summed E-state index contributed by atoms with van der Waals surface area (Å²) in [6.45, 7) is 7.71. The average Bonchev–Trinajstić information content (AvgIpc) is 2.39. The largest absolute Gasteiger partial charge is 0.462 e. The highest BCUT2D eigenvalue weighted by Crippen LogP contribution is 2.07. The Hall–Kier alpha value is -1.58.